The molecule has 0 unspecified atom stereocenters. The lowest BCUT2D eigenvalue weighted by Gasteiger charge is -2.09. The predicted molar refractivity (Wildman–Crippen MR) is 63.5 cm³/mol. The summed E-state index contributed by atoms with van der Waals surface area (Å²) in [6, 6.07) is 8.37. The third kappa shape index (κ3) is 2.53. The van der Waals surface area contributed by atoms with Crippen molar-refractivity contribution in [1.82, 2.24) is 0 Å². The van der Waals surface area contributed by atoms with E-state index in [-0.39, 0.29) is 0 Å². The van der Waals surface area contributed by atoms with Gasteiger partial charge in [-0.25, -0.2) is 0 Å². The van der Waals surface area contributed by atoms with Crippen LogP contribution in [0.25, 0.3) is 0 Å². The SMILES string of the molecule is COCCNc1ccc(C2CC2)cc1C#N. The average molecular weight is 216 g/mol. The van der Waals surface area contributed by atoms with Gasteiger partial charge in [0.15, 0.2) is 0 Å². The zero-order valence-electron chi connectivity index (χ0n) is 9.49. The van der Waals surface area contributed by atoms with E-state index in [2.05, 4.69) is 17.5 Å². The number of ether oxygens (including phenoxy) is 1. The number of hydrogen-bond acceptors (Lipinski definition) is 3. The molecule has 1 aromatic rings. The maximum absolute atomic E-state index is 9.08. The molecule has 2 rings (SSSR count). The van der Waals surface area contributed by atoms with Crippen LogP contribution in [-0.2, 0) is 4.74 Å². The number of anilines is 1. The number of nitrogens with zero attached hydrogens (tertiary/aromatic N) is 1. The molecule has 3 heteroatoms. The summed E-state index contributed by atoms with van der Waals surface area (Å²) in [5.41, 5.74) is 2.94. The number of methoxy groups -OCH3 is 1. The van der Waals surface area contributed by atoms with Crippen molar-refractivity contribution in [3.63, 3.8) is 0 Å². The van der Waals surface area contributed by atoms with Crippen molar-refractivity contribution >= 4 is 5.69 Å². The van der Waals surface area contributed by atoms with Gasteiger partial charge in [-0.2, -0.15) is 5.26 Å². The first-order valence-electron chi connectivity index (χ1n) is 5.62. The molecule has 0 radical (unpaired) electrons. The summed E-state index contributed by atoms with van der Waals surface area (Å²) in [6.07, 6.45) is 2.53. The quantitative estimate of drug-likeness (QED) is 0.769. The maximum atomic E-state index is 9.08. The fraction of sp³-hybridized carbons (Fsp3) is 0.462. The molecule has 0 atom stereocenters. The van der Waals surface area contributed by atoms with E-state index in [0.717, 1.165) is 17.8 Å². The predicted octanol–water partition coefficient (Wildman–Crippen LogP) is 2.49. The Kier molecular flexibility index (Phi) is 3.43. The van der Waals surface area contributed by atoms with E-state index in [1.165, 1.54) is 18.4 Å². The second-order valence-corrected chi connectivity index (χ2v) is 4.11. The van der Waals surface area contributed by atoms with Gasteiger partial charge in [0.2, 0.25) is 0 Å². The van der Waals surface area contributed by atoms with Gasteiger partial charge in [0, 0.05) is 13.7 Å². The molecule has 1 aliphatic carbocycles. The van der Waals surface area contributed by atoms with Crippen molar-refractivity contribution in [1.29, 1.82) is 5.26 Å². The second-order valence-electron chi connectivity index (χ2n) is 4.11. The van der Waals surface area contributed by atoms with E-state index in [4.69, 9.17) is 10.00 Å². The normalized spacial score (nSPS) is 14.5. The lowest BCUT2D eigenvalue weighted by Crippen LogP contribution is -2.08. The lowest BCUT2D eigenvalue weighted by atomic mass is 10.1. The minimum atomic E-state index is 0.648. The van der Waals surface area contributed by atoms with Gasteiger partial charge in [-0.3, -0.25) is 0 Å². The van der Waals surface area contributed by atoms with E-state index < -0.39 is 0 Å². The highest BCUT2D eigenvalue weighted by atomic mass is 16.5. The zero-order chi connectivity index (χ0) is 11.4. The molecule has 0 heterocycles. The molecule has 0 amide bonds. The molecule has 1 saturated carbocycles. The highest BCUT2D eigenvalue weighted by molar-refractivity contribution is 5.59. The molecular weight excluding hydrogens is 200 g/mol. The summed E-state index contributed by atoms with van der Waals surface area (Å²) in [7, 11) is 1.67. The van der Waals surface area contributed by atoms with Gasteiger partial charge >= 0.3 is 0 Å². The number of nitrogens with one attached hydrogen (secondary N) is 1. The Balaban J connectivity index is 2.09. The Hall–Kier alpha value is -1.53. The van der Waals surface area contributed by atoms with Crippen LogP contribution in [0.15, 0.2) is 18.2 Å². The van der Waals surface area contributed by atoms with Crippen molar-refractivity contribution < 1.29 is 4.74 Å². The molecular formula is C13H16N2O. The van der Waals surface area contributed by atoms with Crippen LogP contribution in [0.1, 0.15) is 29.9 Å². The Morgan fingerprint density at radius 2 is 2.31 bits per heavy atom. The average Bonchev–Trinajstić information content (AvgIpc) is 3.13. The molecule has 0 bridgehead atoms. The van der Waals surface area contributed by atoms with Gasteiger partial charge in [-0.1, -0.05) is 6.07 Å². The van der Waals surface area contributed by atoms with Crippen molar-refractivity contribution in [3.05, 3.63) is 29.3 Å². The Morgan fingerprint density at radius 1 is 1.50 bits per heavy atom. The molecule has 3 nitrogen and oxygen atoms in total. The van der Waals surface area contributed by atoms with Gasteiger partial charge in [-0.15, -0.1) is 0 Å². The van der Waals surface area contributed by atoms with Crippen LogP contribution >= 0.6 is 0 Å². The molecule has 0 aromatic heterocycles. The highest BCUT2D eigenvalue weighted by Crippen LogP contribution is 2.40. The topological polar surface area (TPSA) is 45.0 Å². The fourth-order valence-electron chi connectivity index (χ4n) is 1.77. The van der Waals surface area contributed by atoms with Gasteiger partial charge in [0.1, 0.15) is 6.07 Å². The third-order valence-corrected chi connectivity index (χ3v) is 2.83. The number of hydrogen-bond donors (Lipinski definition) is 1. The molecule has 1 fully saturated rings. The van der Waals surface area contributed by atoms with Crippen molar-refractivity contribution in [2.45, 2.75) is 18.8 Å². The van der Waals surface area contributed by atoms with E-state index in [0.29, 0.717) is 12.5 Å². The molecule has 1 aromatic carbocycles. The van der Waals surface area contributed by atoms with Crippen molar-refractivity contribution in [2.75, 3.05) is 25.6 Å². The maximum Gasteiger partial charge on any atom is 0.101 e. The number of nitriles is 1. The standard InChI is InChI=1S/C13H16N2O/c1-16-7-6-15-13-5-4-11(10-2-3-10)8-12(13)9-14/h4-5,8,10,15H,2-3,6-7H2,1H3. The van der Waals surface area contributed by atoms with E-state index in [9.17, 15) is 0 Å². The van der Waals surface area contributed by atoms with Crippen LogP contribution < -0.4 is 5.32 Å². The van der Waals surface area contributed by atoms with Crippen LogP contribution in [-0.4, -0.2) is 20.3 Å². The van der Waals surface area contributed by atoms with Crippen LogP contribution in [0.3, 0.4) is 0 Å². The first-order chi connectivity index (χ1) is 7.85. The van der Waals surface area contributed by atoms with Crippen LogP contribution in [0.5, 0.6) is 0 Å². The Morgan fingerprint density at radius 3 is 2.94 bits per heavy atom. The fourth-order valence-corrected chi connectivity index (χ4v) is 1.77. The molecule has 0 spiro atoms. The largest absolute Gasteiger partial charge is 0.383 e. The van der Waals surface area contributed by atoms with E-state index in [1.807, 2.05) is 12.1 Å². The first-order valence-corrected chi connectivity index (χ1v) is 5.62. The highest BCUT2D eigenvalue weighted by Gasteiger charge is 2.23. The van der Waals surface area contributed by atoms with Crippen molar-refractivity contribution in [3.8, 4) is 6.07 Å². The van der Waals surface area contributed by atoms with Gasteiger partial charge in [-0.05, 0) is 36.5 Å². The minimum Gasteiger partial charge on any atom is -0.383 e. The summed E-state index contributed by atoms with van der Waals surface area (Å²) in [6.45, 7) is 1.38. The monoisotopic (exact) mass is 216 g/mol. The summed E-state index contributed by atoms with van der Waals surface area (Å²) < 4.78 is 4.96. The van der Waals surface area contributed by atoms with E-state index >= 15 is 0 Å². The molecule has 84 valence electrons. The summed E-state index contributed by atoms with van der Waals surface area (Å²) in [4.78, 5) is 0. The first kappa shape index (κ1) is 11.0. The lowest BCUT2D eigenvalue weighted by molar-refractivity contribution is 0.211. The van der Waals surface area contributed by atoms with Crippen molar-refractivity contribution in [2.24, 2.45) is 0 Å². The molecule has 16 heavy (non-hydrogen) atoms. The molecule has 0 saturated heterocycles. The second kappa shape index (κ2) is 5.00. The summed E-state index contributed by atoms with van der Waals surface area (Å²) in [5.74, 6) is 0.695. The van der Waals surface area contributed by atoms with Gasteiger partial charge in [0.25, 0.3) is 0 Å². The summed E-state index contributed by atoms with van der Waals surface area (Å²) >= 11 is 0. The van der Waals surface area contributed by atoms with Crippen LogP contribution in [0.2, 0.25) is 0 Å². The molecule has 0 aliphatic heterocycles. The molecule has 1 N–H and O–H groups in total. The Bertz CT molecular complexity index is 405. The van der Waals surface area contributed by atoms with Crippen LogP contribution in [0.4, 0.5) is 5.69 Å². The van der Waals surface area contributed by atoms with E-state index in [1.54, 1.807) is 7.11 Å². The van der Waals surface area contributed by atoms with Crippen LogP contribution in [0, 0.1) is 11.3 Å². The smallest absolute Gasteiger partial charge is 0.101 e. The number of rotatable bonds is 5. The summed E-state index contributed by atoms with van der Waals surface area (Å²) in [5, 5.41) is 12.3. The number of benzene rings is 1. The van der Waals surface area contributed by atoms with Gasteiger partial charge in [0.05, 0.1) is 17.9 Å². The third-order valence-electron chi connectivity index (χ3n) is 2.83. The minimum absolute atomic E-state index is 0.648. The Labute approximate surface area is 96.0 Å². The zero-order valence-corrected chi connectivity index (χ0v) is 9.49. The molecule has 1 aliphatic rings. The van der Waals surface area contributed by atoms with Gasteiger partial charge < -0.3 is 10.1 Å².